The van der Waals surface area contributed by atoms with E-state index >= 15 is 0 Å². The summed E-state index contributed by atoms with van der Waals surface area (Å²) in [5, 5.41) is 9.13. The Morgan fingerprint density at radius 1 is 1.32 bits per heavy atom. The predicted octanol–water partition coefficient (Wildman–Crippen LogP) is 3.51. The van der Waals surface area contributed by atoms with Crippen molar-refractivity contribution in [3.05, 3.63) is 66.5 Å². The lowest BCUT2D eigenvalue weighted by atomic mass is 10.2. The number of para-hydroxylation sites is 1. The first kappa shape index (κ1) is 13.0. The summed E-state index contributed by atoms with van der Waals surface area (Å²) < 4.78 is 1.77. The number of allylic oxidation sites excluding steroid dienone is 5. The molecule has 3 heteroatoms. The average molecular weight is 251 g/mol. The third-order valence-corrected chi connectivity index (χ3v) is 2.82. The second-order valence-electron chi connectivity index (χ2n) is 4.37. The van der Waals surface area contributed by atoms with Gasteiger partial charge in [0.05, 0.1) is 5.52 Å². The molecule has 2 rings (SSSR count). The third kappa shape index (κ3) is 2.71. The summed E-state index contributed by atoms with van der Waals surface area (Å²) in [5.74, 6) is 0. The van der Waals surface area contributed by atoms with Crippen LogP contribution in [0.4, 0.5) is 0 Å². The highest BCUT2D eigenvalue weighted by molar-refractivity contribution is 5.77. The average Bonchev–Trinajstić information content (AvgIpc) is 2.41. The van der Waals surface area contributed by atoms with E-state index in [1.165, 1.54) is 0 Å². The number of aromatic nitrogens is 2. The Hall–Kier alpha value is -2.42. The Balaban J connectivity index is 2.60. The zero-order valence-corrected chi connectivity index (χ0v) is 11.2. The van der Waals surface area contributed by atoms with E-state index < -0.39 is 0 Å². The molecule has 0 radical (unpaired) electrons. The number of benzene rings is 1. The first-order valence-corrected chi connectivity index (χ1v) is 6.14. The molecule has 1 aromatic carbocycles. The van der Waals surface area contributed by atoms with Gasteiger partial charge in [0.15, 0.2) is 0 Å². The van der Waals surface area contributed by atoms with Crippen molar-refractivity contribution in [1.82, 2.24) is 9.55 Å². The highest BCUT2D eigenvalue weighted by Crippen LogP contribution is 2.09. The zero-order valence-electron chi connectivity index (χ0n) is 11.2. The molecule has 96 valence electrons. The van der Waals surface area contributed by atoms with E-state index in [-0.39, 0.29) is 0 Å². The number of hydrogen-bond acceptors (Lipinski definition) is 2. The Morgan fingerprint density at radius 3 is 2.74 bits per heavy atom. The van der Waals surface area contributed by atoms with Crippen LogP contribution in [0.25, 0.3) is 16.6 Å². The van der Waals surface area contributed by atoms with Crippen molar-refractivity contribution < 1.29 is 0 Å². The normalized spacial score (nSPS) is 12.2. The van der Waals surface area contributed by atoms with E-state index in [1.807, 2.05) is 56.3 Å². The largest absolute Gasteiger partial charge is 0.285 e. The summed E-state index contributed by atoms with van der Waals surface area (Å²) in [5.41, 5.74) is 3.15. The van der Waals surface area contributed by atoms with Gasteiger partial charge in [-0.25, -0.2) is 4.98 Å². The van der Waals surface area contributed by atoms with E-state index in [0.717, 1.165) is 22.2 Å². The molecule has 0 unspecified atom stereocenters. The minimum absolute atomic E-state index is 0.435. The summed E-state index contributed by atoms with van der Waals surface area (Å²) in [7, 11) is 0. The van der Waals surface area contributed by atoms with Gasteiger partial charge in [-0.3, -0.25) is 9.98 Å². The lowest BCUT2D eigenvalue weighted by Crippen LogP contribution is -2.19. The Labute approximate surface area is 112 Å². The second kappa shape index (κ2) is 5.48. The van der Waals surface area contributed by atoms with Gasteiger partial charge >= 0.3 is 0 Å². The monoisotopic (exact) mass is 251 g/mol. The fourth-order valence-electron chi connectivity index (χ4n) is 1.83. The zero-order chi connectivity index (χ0) is 13.8. The van der Waals surface area contributed by atoms with Crippen LogP contribution >= 0.6 is 0 Å². The molecule has 19 heavy (non-hydrogen) atoms. The van der Waals surface area contributed by atoms with Gasteiger partial charge in [-0.1, -0.05) is 36.4 Å². The maximum atomic E-state index is 8.28. The van der Waals surface area contributed by atoms with Crippen molar-refractivity contribution in [3.63, 3.8) is 0 Å². The summed E-state index contributed by atoms with van der Waals surface area (Å²) in [6, 6.07) is 7.68. The van der Waals surface area contributed by atoms with E-state index in [4.69, 9.17) is 5.41 Å². The molecule has 3 nitrogen and oxygen atoms in total. The highest BCUT2D eigenvalue weighted by atomic mass is 15.0. The van der Waals surface area contributed by atoms with Crippen molar-refractivity contribution in [2.24, 2.45) is 0 Å². The molecule has 0 bridgehead atoms. The SMILES string of the molecule is C=C(C)/C=C\C(=C/C)n1cnc2ccccc2c1=N. The van der Waals surface area contributed by atoms with Gasteiger partial charge in [0.2, 0.25) is 0 Å². The number of hydrogen-bond donors (Lipinski definition) is 1. The molecule has 2 aromatic rings. The lowest BCUT2D eigenvalue weighted by Gasteiger charge is -2.09. The minimum atomic E-state index is 0.435. The standard InChI is InChI=1S/C16H17N3/c1-4-13(10-9-12(2)3)19-11-18-15-8-6-5-7-14(15)16(19)17/h4-11,17H,2H2,1,3H3/b10-9-,13-4+,17-16?. The number of nitrogens with one attached hydrogen (secondary N) is 1. The fourth-order valence-corrected chi connectivity index (χ4v) is 1.83. The van der Waals surface area contributed by atoms with Crippen LogP contribution in [0.3, 0.4) is 0 Å². The molecule has 0 amide bonds. The van der Waals surface area contributed by atoms with Crippen molar-refractivity contribution in [1.29, 1.82) is 5.41 Å². The molecular formula is C16H17N3. The predicted molar refractivity (Wildman–Crippen MR) is 79.5 cm³/mol. The molecule has 0 saturated carbocycles. The fraction of sp³-hybridized carbons (Fsp3) is 0.125. The maximum Gasteiger partial charge on any atom is 0.140 e. The Morgan fingerprint density at radius 2 is 2.05 bits per heavy atom. The van der Waals surface area contributed by atoms with Gasteiger partial charge in [0.25, 0.3) is 0 Å². The van der Waals surface area contributed by atoms with Crippen LogP contribution in [0.1, 0.15) is 13.8 Å². The van der Waals surface area contributed by atoms with Gasteiger partial charge in [-0.15, -0.1) is 0 Å². The summed E-state index contributed by atoms with van der Waals surface area (Å²) >= 11 is 0. The van der Waals surface area contributed by atoms with Gasteiger partial charge in [0.1, 0.15) is 11.8 Å². The number of nitrogens with zero attached hydrogens (tertiary/aromatic N) is 2. The van der Waals surface area contributed by atoms with E-state index in [1.54, 1.807) is 10.9 Å². The highest BCUT2D eigenvalue weighted by Gasteiger charge is 2.02. The Bertz CT molecular complexity index is 733. The first-order chi connectivity index (χ1) is 9.13. The topological polar surface area (TPSA) is 41.7 Å². The molecule has 0 atom stereocenters. The van der Waals surface area contributed by atoms with Crippen molar-refractivity contribution in [2.45, 2.75) is 13.8 Å². The molecular weight excluding hydrogens is 234 g/mol. The lowest BCUT2D eigenvalue weighted by molar-refractivity contribution is 0.935. The van der Waals surface area contributed by atoms with Crippen molar-refractivity contribution >= 4 is 16.6 Å². The number of rotatable bonds is 3. The molecule has 0 fully saturated rings. The minimum Gasteiger partial charge on any atom is -0.285 e. The quantitative estimate of drug-likeness (QED) is 0.833. The molecule has 0 spiro atoms. The molecule has 0 aliphatic rings. The summed E-state index contributed by atoms with van der Waals surface area (Å²) in [4.78, 5) is 4.38. The maximum absolute atomic E-state index is 8.28. The summed E-state index contributed by atoms with van der Waals surface area (Å²) in [6.07, 6.45) is 7.50. The number of fused-ring (bicyclic) bond motifs is 1. The first-order valence-electron chi connectivity index (χ1n) is 6.14. The smallest absolute Gasteiger partial charge is 0.140 e. The van der Waals surface area contributed by atoms with Crippen LogP contribution in [-0.2, 0) is 0 Å². The molecule has 1 N–H and O–H groups in total. The van der Waals surface area contributed by atoms with Crippen LogP contribution in [0.15, 0.2) is 61.0 Å². The van der Waals surface area contributed by atoms with Crippen LogP contribution in [0, 0.1) is 5.41 Å². The summed E-state index contributed by atoms with van der Waals surface area (Å²) in [6.45, 7) is 7.72. The van der Waals surface area contributed by atoms with Crippen LogP contribution < -0.4 is 5.49 Å². The van der Waals surface area contributed by atoms with Crippen LogP contribution in [0.5, 0.6) is 0 Å². The van der Waals surface area contributed by atoms with E-state index in [2.05, 4.69) is 11.6 Å². The third-order valence-electron chi connectivity index (χ3n) is 2.82. The van der Waals surface area contributed by atoms with Gasteiger partial charge in [-0.2, -0.15) is 0 Å². The molecule has 1 aromatic heterocycles. The molecule has 0 aliphatic carbocycles. The van der Waals surface area contributed by atoms with Crippen molar-refractivity contribution in [2.75, 3.05) is 0 Å². The van der Waals surface area contributed by atoms with Crippen LogP contribution in [-0.4, -0.2) is 9.55 Å². The van der Waals surface area contributed by atoms with Gasteiger partial charge < -0.3 is 0 Å². The van der Waals surface area contributed by atoms with Crippen LogP contribution in [0.2, 0.25) is 0 Å². The Kier molecular flexibility index (Phi) is 3.76. The molecule has 0 saturated heterocycles. The molecule has 1 heterocycles. The van der Waals surface area contributed by atoms with E-state index in [9.17, 15) is 0 Å². The molecule has 0 aliphatic heterocycles. The van der Waals surface area contributed by atoms with Gasteiger partial charge in [-0.05, 0) is 32.1 Å². The second-order valence-corrected chi connectivity index (χ2v) is 4.37. The van der Waals surface area contributed by atoms with Gasteiger partial charge in [0, 0.05) is 11.1 Å². The van der Waals surface area contributed by atoms with E-state index in [0.29, 0.717) is 5.49 Å². The van der Waals surface area contributed by atoms with Crippen molar-refractivity contribution in [3.8, 4) is 0 Å².